The fourth-order valence-corrected chi connectivity index (χ4v) is 3.51. The average molecular weight is 558 g/mol. The molecule has 2 N–H and O–H groups in total. The summed E-state index contributed by atoms with van der Waals surface area (Å²) in [7, 11) is 1.60. The lowest BCUT2D eigenvalue weighted by atomic mass is 9.93. The zero-order valence-electron chi connectivity index (χ0n) is 18.4. The SMILES string of the molecule is CCNC(=NCCC1CCN(CC(F)(F)F)CC1)Nc1ccc(OC)c(OCC)c1.I. The lowest BCUT2D eigenvalue weighted by Gasteiger charge is -2.32. The van der Waals surface area contributed by atoms with Gasteiger partial charge in [-0.3, -0.25) is 9.89 Å². The number of hydrogen-bond donors (Lipinski definition) is 2. The molecule has 178 valence electrons. The van der Waals surface area contributed by atoms with E-state index in [9.17, 15) is 13.2 Å². The van der Waals surface area contributed by atoms with Crippen molar-refractivity contribution in [1.29, 1.82) is 0 Å². The summed E-state index contributed by atoms with van der Waals surface area (Å²) in [6, 6.07) is 5.60. The van der Waals surface area contributed by atoms with E-state index in [0.29, 0.717) is 49.6 Å². The summed E-state index contributed by atoms with van der Waals surface area (Å²) in [6.07, 6.45) is -1.69. The molecule has 10 heteroatoms. The van der Waals surface area contributed by atoms with E-state index in [0.717, 1.165) is 31.5 Å². The zero-order valence-corrected chi connectivity index (χ0v) is 20.8. The van der Waals surface area contributed by atoms with Gasteiger partial charge >= 0.3 is 6.18 Å². The molecule has 1 aliphatic rings. The Morgan fingerprint density at radius 3 is 2.48 bits per heavy atom. The molecule has 0 aromatic heterocycles. The van der Waals surface area contributed by atoms with E-state index in [2.05, 4.69) is 15.6 Å². The Morgan fingerprint density at radius 2 is 1.90 bits per heavy atom. The van der Waals surface area contributed by atoms with Crippen molar-refractivity contribution in [3.8, 4) is 11.5 Å². The molecule has 0 aliphatic carbocycles. The molecule has 1 heterocycles. The summed E-state index contributed by atoms with van der Waals surface area (Å²) in [6.45, 7) is 5.97. The molecule has 0 atom stereocenters. The van der Waals surface area contributed by atoms with E-state index in [-0.39, 0.29) is 24.0 Å². The van der Waals surface area contributed by atoms with Crippen molar-refractivity contribution in [2.45, 2.75) is 39.3 Å². The number of piperidine rings is 1. The van der Waals surface area contributed by atoms with Crippen LogP contribution in [-0.4, -0.2) is 63.5 Å². The highest BCUT2D eigenvalue weighted by molar-refractivity contribution is 14.0. The summed E-state index contributed by atoms with van der Waals surface area (Å²) in [5.41, 5.74) is 0.833. The summed E-state index contributed by atoms with van der Waals surface area (Å²) in [5, 5.41) is 6.49. The van der Waals surface area contributed by atoms with Crippen LogP contribution in [0.15, 0.2) is 23.2 Å². The molecular weight excluding hydrogens is 524 g/mol. The van der Waals surface area contributed by atoms with Crippen molar-refractivity contribution in [3.63, 3.8) is 0 Å². The minimum absolute atomic E-state index is 0. The summed E-state index contributed by atoms with van der Waals surface area (Å²) < 4.78 is 48.4. The van der Waals surface area contributed by atoms with Gasteiger partial charge in [0.25, 0.3) is 0 Å². The van der Waals surface area contributed by atoms with Crippen LogP contribution in [0.4, 0.5) is 18.9 Å². The predicted octanol–water partition coefficient (Wildman–Crippen LogP) is 4.75. The second-order valence-corrected chi connectivity index (χ2v) is 7.31. The van der Waals surface area contributed by atoms with Crippen LogP contribution in [0.2, 0.25) is 0 Å². The highest BCUT2D eigenvalue weighted by Crippen LogP contribution is 2.30. The topological polar surface area (TPSA) is 58.1 Å². The van der Waals surface area contributed by atoms with Gasteiger partial charge in [-0.1, -0.05) is 0 Å². The van der Waals surface area contributed by atoms with E-state index in [1.807, 2.05) is 32.0 Å². The van der Waals surface area contributed by atoms with Gasteiger partial charge in [0, 0.05) is 24.8 Å². The van der Waals surface area contributed by atoms with E-state index < -0.39 is 12.7 Å². The third-order valence-electron chi connectivity index (χ3n) is 4.99. The van der Waals surface area contributed by atoms with Crippen LogP contribution in [0.5, 0.6) is 11.5 Å². The van der Waals surface area contributed by atoms with Crippen LogP contribution in [0.25, 0.3) is 0 Å². The number of rotatable bonds is 9. The molecule has 6 nitrogen and oxygen atoms in total. The van der Waals surface area contributed by atoms with Gasteiger partial charge in [0.15, 0.2) is 17.5 Å². The Labute approximate surface area is 200 Å². The van der Waals surface area contributed by atoms with Crippen LogP contribution in [0.3, 0.4) is 0 Å². The van der Waals surface area contributed by atoms with Gasteiger partial charge in [-0.25, -0.2) is 0 Å². The molecule has 1 fully saturated rings. The number of alkyl halides is 3. The largest absolute Gasteiger partial charge is 0.493 e. The number of hydrogen-bond acceptors (Lipinski definition) is 4. The van der Waals surface area contributed by atoms with E-state index in [1.54, 1.807) is 7.11 Å². The number of benzene rings is 1. The first-order valence-corrected chi connectivity index (χ1v) is 10.5. The number of nitrogens with one attached hydrogen (secondary N) is 2. The Morgan fingerprint density at radius 1 is 1.19 bits per heavy atom. The fourth-order valence-electron chi connectivity index (χ4n) is 3.51. The molecule has 0 saturated carbocycles. The van der Waals surface area contributed by atoms with Crippen molar-refractivity contribution in [2.24, 2.45) is 10.9 Å². The third-order valence-corrected chi connectivity index (χ3v) is 4.99. The molecule has 1 saturated heterocycles. The highest BCUT2D eigenvalue weighted by Gasteiger charge is 2.32. The van der Waals surface area contributed by atoms with E-state index in [4.69, 9.17) is 9.47 Å². The first-order chi connectivity index (χ1) is 14.3. The molecule has 1 aromatic rings. The molecule has 0 radical (unpaired) electrons. The molecule has 0 unspecified atom stereocenters. The fraction of sp³-hybridized carbons (Fsp3) is 0.667. The van der Waals surface area contributed by atoms with Crippen LogP contribution < -0.4 is 20.1 Å². The molecule has 2 rings (SSSR count). The first kappa shape index (κ1) is 27.6. The van der Waals surface area contributed by atoms with Gasteiger partial charge in [0.1, 0.15) is 0 Å². The Kier molecular flexibility index (Phi) is 12.3. The van der Waals surface area contributed by atoms with E-state index in [1.165, 1.54) is 4.90 Å². The highest BCUT2D eigenvalue weighted by atomic mass is 127. The molecular formula is C21H34F3IN4O2. The zero-order chi connectivity index (χ0) is 22.0. The molecule has 0 spiro atoms. The quantitative estimate of drug-likeness (QED) is 0.260. The summed E-state index contributed by atoms with van der Waals surface area (Å²) in [4.78, 5) is 6.12. The van der Waals surface area contributed by atoms with Gasteiger partial charge in [0.05, 0.1) is 20.3 Å². The number of likely N-dealkylation sites (tertiary alicyclic amines) is 1. The predicted molar refractivity (Wildman–Crippen MR) is 129 cm³/mol. The van der Waals surface area contributed by atoms with Crippen LogP contribution in [0.1, 0.15) is 33.1 Å². The molecule has 0 amide bonds. The minimum Gasteiger partial charge on any atom is -0.493 e. The number of guanidine groups is 1. The number of halogens is 4. The Balaban J connectivity index is 0.00000480. The van der Waals surface area contributed by atoms with Gasteiger partial charge in [-0.15, -0.1) is 24.0 Å². The maximum absolute atomic E-state index is 12.5. The molecule has 0 bridgehead atoms. The summed E-state index contributed by atoms with van der Waals surface area (Å²) >= 11 is 0. The van der Waals surface area contributed by atoms with Crippen molar-refractivity contribution in [1.82, 2.24) is 10.2 Å². The van der Waals surface area contributed by atoms with Gasteiger partial charge in [-0.2, -0.15) is 13.2 Å². The number of aliphatic imine (C=N–C) groups is 1. The number of ether oxygens (including phenoxy) is 2. The smallest absolute Gasteiger partial charge is 0.401 e. The van der Waals surface area contributed by atoms with Gasteiger partial charge in [0.2, 0.25) is 0 Å². The maximum atomic E-state index is 12.5. The number of methoxy groups -OCH3 is 1. The van der Waals surface area contributed by atoms with Gasteiger partial charge < -0.3 is 20.1 Å². The maximum Gasteiger partial charge on any atom is 0.401 e. The molecule has 1 aromatic carbocycles. The summed E-state index contributed by atoms with van der Waals surface area (Å²) in [5.74, 6) is 2.40. The van der Waals surface area contributed by atoms with E-state index >= 15 is 0 Å². The van der Waals surface area contributed by atoms with Crippen molar-refractivity contribution >= 4 is 35.6 Å². The second-order valence-electron chi connectivity index (χ2n) is 7.31. The van der Waals surface area contributed by atoms with Gasteiger partial charge in [-0.05, 0) is 64.3 Å². The third kappa shape index (κ3) is 10.2. The van der Waals surface area contributed by atoms with Crippen LogP contribution in [0, 0.1) is 5.92 Å². The minimum atomic E-state index is -4.12. The van der Waals surface area contributed by atoms with Crippen molar-refractivity contribution in [2.75, 3.05) is 51.8 Å². The average Bonchev–Trinajstić information content (AvgIpc) is 2.69. The lowest BCUT2D eigenvalue weighted by Crippen LogP contribution is -2.40. The molecule has 31 heavy (non-hydrogen) atoms. The monoisotopic (exact) mass is 558 g/mol. The van der Waals surface area contributed by atoms with Crippen LogP contribution in [-0.2, 0) is 0 Å². The van der Waals surface area contributed by atoms with Crippen molar-refractivity contribution in [3.05, 3.63) is 18.2 Å². The normalized spacial score (nSPS) is 15.9. The number of nitrogens with zero attached hydrogens (tertiary/aromatic N) is 2. The molecule has 1 aliphatic heterocycles. The first-order valence-electron chi connectivity index (χ1n) is 10.5. The lowest BCUT2D eigenvalue weighted by molar-refractivity contribution is -0.148. The standard InChI is InChI=1S/C21H33F3N4O2.HI/c1-4-25-20(27-17-6-7-18(29-3)19(14-17)30-5-2)26-11-8-16-9-12-28(13-10-16)15-21(22,23)24;/h6-7,14,16H,4-5,8-13,15H2,1-3H3,(H2,25,26,27);1H. The Hall–Kier alpha value is -1.43. The Bertz CT molecular complexity index is 681. The van der Waals surface area contributed by atoms with Crippen molar-refractivity contribution < 1.29 is 22.6 Å². The number of anilines is 1. The second kappa shape index (κ2) is 13.9. The van der Waals surface area contributed by atoms with Crippen LogP contribution >= 0.6 is 24.0 Å².